The van der Waals surface area contributed by atoms with Gasteiger partial charge >= 0.3 is 0 Å². The highest BCUT2D eigenvalue weighted by molar-refractivity contribution is 5.21. The number of rotatable bonds is 13. The van der Waals surface area contributed by atoms with Gasteiger partial charge < -0.3 is 9.47 Å². The molecule has 2 nitrogen and oxygen atoms in total. The zero-order valence-corrected chi connectivity index (χ0v) is 18.8. The van der Waals surface area contributed by atoms with Gasteiger partial charge in [0.1, 0.15) is 18.1 Å². The van der Waals surface area contributed by atoms with E-state index in [9.17, 15) is 0 Å². The SMILES string of the molecule is C=C.C=CC=CCOc1ccccc1.CCCCCCCCCOc1ccccc1. The van der Waals surface area contributed by atoms with Gasteiger partial charge in [0.05, 0.1) is 6.61 Å². The molecule has 0 saturated heterocycles. The molecule has 2 aromatic carbocycles. The molecule has 2 rings (SSSR count). The first kappa shape index (κ1) is 27.3. The molecular formula is C28H40O2. The average molecular weight is 409 g/mol. The lowest BCUT2D eigenvalue weighted by atomic mass is 10.1. The van der Waals surface area contributed by atoms with Crippen LogP contribution in [-0.4, -0.2) is 13.2 Å². The van der Waals surface area contributed by atoms with Crippen LogP contribution in [0.2, 0.25) is 0 Å². The highest BCUT2D eigenvalue weighted by atomic mass is 16.5. The van der Waals surface area contributed by atoms with Crippen molar-refractivity contribution in [2.45, 2.75) is 51.9 Å². The van der Waals surface area contributed by atoms with Gasteiger partial charge in [0.25, 0.3) is 0 Å². The maximum Gasteiger partial charge on any atom is 0.119 e. The minimum Gasteiger partial charge on any atom is -0.494 e. The van der Waals surface area contributed by atoms with Gasteiger partial charge in [-0.25, -0.2) is 0 Å². The molecule has 0 fully saturated rings. The van der Waals surface area contributed by atoms with Crippen LogP contribution in [0, 0.1) is 0 Å². The van der Waals surface area contributed by atoms with Crippen LogP contribution in [0.25, 0.3) is 0 Å². The van der Waals surface area contributed by atoms with Crippen LogP contribution >= 0.6 is 0 Å². The molecule has 0 bridgehead atoms. The van der Waals surface area contributed by atoms with Crippen molar-refractivity contribution in [3.8, 4) is 11.5 Å². The number of allylic oxidation sites excluding steroid dienone is 2. The second-order valence-electron chi connectivity index (χ2n) is 6.57. The van der Waals surface area contributed by atoms with Crippen molar-refractivity contribution in [1.82, 2.24) is 0 Å². The number of ether oxygens (including phenoxy) is 2. The van der Waals surface area contributed by atoms with Gasteiger partial charge in [-0.2, -0.15) is 0 Å². The third kappa shape index (κ3) is 17.4. The van der Waals surface area contributed by atoms with Crippen LogP contribution in [0.4, 0.5) is 0 Å². The Hall–Kier alpha value is -2.74. The fraction of sp³-hybridized carbons (Fsp3) is 0.357. The molecular weight excluding hydrogens is 368 g/mol. The maximum absolute atomic E-state index is 5.63. The fourth-order valence-corrected chi connectivity index (χ4v) is 2.58. The lowest BCUT2D eigenvalue weighted by molar-refractivity contribution is 0.304. The third-order valence-electron chi connectivity index (χ3n) is 4.12. The van der Waals surface area contributed by atoms with Crippen LogP contribution < -0.4 is 9.47 Å². The van der Waals surface area contributed by atoms with Crippen molar-refractivity contribution in [2.24, 2.45) is 0 Å². The molecule has 2 heteroatoms. The van der Waals surface area contributed by atoms with E-state index in [1.54, 1.807) is 6.08 Å². The number of para-hydroxylation sites is 2. The van der Waals surface area contributed by atoms with Crippen molar-refractivity contribution < 1.29 is 9.47 Å². The normalized spacial score (nSPS) is 9.63. The van der Waals surface area contributed by atoms with E-state index < -0.39 is 0 Å². The molecule has 2 aromatic rings. The van der Waals surface area contributed by atoms with Crippen molar-refractivity contribution in [3.05, 3.63) is 98.6 Å². The Kier molecular flexibility index (Phi) is 20.5. The Balaban J connectivity index is 0.000000535. The molecule has 0 unspecified atom stereocenters. The van der Waals surface area contributed by atoms with Gasteiger partial charge in [-0.3, -0.25) is 0 Å². The van der Waals surface area contributed by atoms with E-state index in [-0.39, 0.29) is 0 Å². The van der Waals surface area contributed by atoms with Crippen LogP contribution in [0.1, 0.15) is 51.9 Å². The maximum atomic E-state index is 5.63. The number of unbranched alkanes of at least 4 members (excludes halogenated alkanes) is 6. The molecule has 0 atom stereocenters. The molecule has 30 heavy (non-hydrogen) atoms. The molecule has 0 spiro atoms. The van der Waals surface area contributed by atoms with Crippen LogP contribution in [-0.2, 0) is 0 Å². The lowest BCUT2D eigenvalue weighted by Crippen LogP contribution is -1.96. The second-order valence-corrected chi connectivity index (χ2v) is 6.57. The minimum atomic E-state index is 0.593. The molecule has 164 valence electrons. The smallest absolute Gasteiger partial charge is 0.119 e. The number of hydrogen-bond donors (Lipinski definition) is 0. The molecule has 0 aromatic heterocycles. The second kappa shape index (κ2) is 22.5. The standard InChI is InChI=1S/C15H24O.C11H12O.C2H4/c1-2-3-4-5-6-7-11-14-16-15-12-9-8-10-13-15;1-2-3-7-10-12-11-8-5-4-6-9-11;1-2/h8-10,12-13H,2-7,11,14H2,1H3;2-9H,1,10H2;1-2H2. The van der Waals surface area contributed by atoms with Gasteiger partial charge in [0.2, 0.25) is 0 Å². The highest BCUT2D eigenvalue weighted by Crippen LogP contribution is 2.11. The largest absolute Gasteiger partial charge is 0.494 e. The molecule has 0 amide bonds. The summed E-state index contributed by atoms with van der Waals surface area (Å²) in [6, 6.07) is 19.8. The van der Waals surface area contributed by atoms with E-state index in [4.69, 9.17) is 9.47 Å². The summed E-state index contributed by atoms with van der Waals surface area (Å²) in [6.07, 6.45) is 14.9. The summed E-state index contributed by atoms with van der Waals surface area (Å²) in [5.74, 6) is 1.89. The minimum absolute atomic E-state index is 0.593. The average Bonchev–Trinajstić information content (AvgIpc) is 2.82. The Morgan fingerprint density at radius 2 is 1.20 bits per heavy atom. The van der Waals surface area contributed by atoms with E-state index >= 15 is 0 Å². The van der Waals surface area contributed by atoms with E-state index in [2.05, 4.69) is 26.7 Å². The van der Waals surface area contributed by atoms with Crippen molar-refractivity contribution in [2.75, 3.05) is 13.2 Å². The molecule has 0 saturated carbocycles. The monoisotopic (exact) mass is 408 g/mol. The Labute approximate surface area is 184 Å². The summed E-state index contributed by atoms with van der Waals surface area (Å²) in [7, 11) is 0. The number of hydrogen-bond acceptors (Lipinski definition) is 2. The van der Waals surface area contributed by atoms with Gasteiger partial charge in [-0.15, -0.1) is 13.2 Å². The van der Waals surface area contributed by atoms with Crippen molar-refractivity contribution in [3.63, 3.8) is 0 Å². The van der Waals surface area contributed by atoms with Gasteiger partial charge in [0, 0.05) is 0 Å². The third-order valence-corrected chi connectivity index (χ3v) is 4.12. The zero-order chi connectivity index (χ0) is 22.1. The summed E-state index contributed by atoms with van der Waals surface area (Å²) < 4.78 is 11.0. The molecule has 0 aliphatic rings. The number of benzene rings is 2. The van der Waals surface area contributed by atoms with Crippen LogP contribution in [0.5, 0.6) is 11.5 Å². The molecule has 0 N–H and O–H groups in total. The lowest BCUT2D eigenvalue weighted by Gasteiger charge is -2.05. The van der Waals surface area contributed by atoms with E-state index in [1.165, 1.54) is 44.9 Å². The Morgan fingerprint density at radius 1 is 0.700 bits per heavy atom. The predicted octanol–water partition coefficient (Wildman–Crippen LogP) is 8.43. The Morgan fingerprint density at radius 3 is 1.73 bits per heavy atom. The summed E-state index contributed by atoms with van der Waals surface area (Å²) in [4.78, 5) is 0. The van der Waals surface area contributed by atoms with Crippen molar-refractivity contribution >= 4 is 0 Å². The Bertz CT molecular complexity index is 620. The zero-order valence-electron chi connectivity index (χ0n) is 18.8. The van der Waals surface area contributed by atoms with Gasteiger partial charge in [0.15, 0.2) is 0 Å². The predicted molar refractivity (Wildman–Crippen MR) is 132 cm³/mol. The topological polar surface area (TPSA) is 18.5 Å². The van der Waals surface area contributed by atoms with Gasteiger partial charge in [-0.1, -0.05) is 101 Å². The van der Waals surface area contributed by atoms with E-state index in [0.29, 0.717) is 6.61 Å². The first-order valence-electron chi connectivity index (χ1n) is 11.0. The molecule has 0 heterocycles. The quantitative estimate of drug-likeness (QED) is 0.188. The van der Waals surface area contributed by atoms with Crippen LogP contribution in [0.15, 0.2) is 98.6 Å². The summed E-state index contributed by atoms with van der Waals surface area (Å²) >= 11 is 0. The van der Waals surface area contributed by atoms with Gasteiger partial charge in [-0.05, 0) is 36.8 Å². The molecule has 0 aliphatic carbocycles. The summed E-state index contributed by atoms with van der Waals surface area (Å²) in [5.41, 5.74) is 0. The van der Waals surface area contributed by atoms with Crippen molar-refractivity contribution in [1.29, 1.82) is 0 Å². The summed E-state index contributed by atoms with van der Waals surface area (Å²) in [5, 5.41) is 0. The molecule has 0 radical (unpaired) electrons. The fourth-order valence-electron chi connectivity index (χ4n) is 2.58. The van der Waals surface area contributed by atoms with E-state index in [0.717, 1.165) is 18.1 Å². The summed E-state index contributed by atoms with van der Waals surface area (Å²) in [6.45, 7) is 13.3. The van der Waals surface area contributed by atoms with Crippen LogP contribution in [0.3, 0.4) is 0 Å². The first-order valence-corrected chi connectivity index (χ1v) is 11.0. The first-order chi connectivity index (χ1) is 14.9. The van der Waals surface area contributed by atoms with E-state index in [1.807, 2.05) is 72.8 Å². The molecule has 0 aliphatic heterocycles. The highest BCUT2D eigenvalue weighted by Gasteiger charge is 1.93.